The number of sulfone groups is 1. The molecular formula is C31H43F3N2O4S. The van der Waals surface area contributed by atoms with E-state index in [0.717, 1.165) is 12.2 Å². The van der Waals surface area contributed by atoms with Crippen molar-refractivity contribution in [3.8, 4) is 5.75 Å². The zero-order valence-corrected chi connectivity index (χ0v) is 26.2. The number of hydrogen-bond acceptors (Lipinski definition) is 5. The standard InChI is InChI=1S/C21H29F3N2O3S.C10H14O/c1-6-8-18(14(2)27)30(28,29)15-9-10-17-16(13-15)25-19(20(3,4)5)26(17)12-7-11-21(22,23)24;1-4-9-6-5-8(2)7-10(9)11-3/h9-10,13,18H,6-8,11-12H2,1-5H3;5-7H,4H2,1-3H3. The predicted molar refractivity (Wildman–Crippen MR) is 157 cm³/mol. The van der Waals surface area contributed by atoms with Crippen molar-refractivity contribution in [3.05, 3.63) is 53.3 Å². The molecule has 1 heterocycles. The Balaban J connectivity index is 0.000000446. The lowest BCUT2D eigenvalue weighted by molar-refractivity contribution is -0.135. The molecular weight excluding hydrogens is 553 g/mol. The molecule has 0 saturated heterocycles. The molecule has 0 aliphatic heterocycles. The van der Waals surface area contributed by atoms with Crippen LogP contribution in [0.5, 0.6) is 5.75 Å². The van der Waals surface area contributed by atoms with E-state index in [9.17, 15) is 26.4 Å². The highest BCUT2D eigenvalue weighted by Gasteiger charge is 2.32. The van der Waals surface area contributed by atoms with Crippen LogP contribution in [0.2, 0.25) is 0 Å². The number of imidazole rings is 1. The van der Waals surface area contributed by atoms with Gasteiger partial charge in [-0.25, -0.2) is 13.4 Å². The van der Waals surface area contributed by atoms with Crippen molar-refractivity contribution in [3.63, 3.8) is 0 Å². The molecule has 3 aromatic rings. The van der Waals surface area contributed by atoms with Crippen LogP contribution < -0.4 is 4.74 Å². The summed E-state index contributed by atoms with van der Waals surface area (Å²) in [5, 5.41) is -1.11. The summed E-state index contributed by atoms with van der Waals surface area (Å²) in [4.78, 5) is 16.5. The lowest BCUT2D eigenvalue weighted by Crippen LogP contribution is -2.28. The van der Waals surface area contributed by atoms with Crippen molar-refractivity contribution >= 4 is 26.7 Å². The number of hydrogen-bond donors (Lipinski definition) is 0. The number of rotatable bonds is 10. The Morgan fingerprint density at radius 1 is 1.07 bits per heavy atom. The fourth-order valence-corrected chi connectivity index (χ4v) is 6.52. The van der Waals surface area contributed by atoms with Gasteiger partial charge in [0.1, 0.15) is 22.6 Å². The molecule has 41 heavy (non-hydrogen) atoms. The SMILES string of the molecule is CCCC(C(C)=O)S(=O)(=O)c1ccc2c(c1)nc(C(C)(C)C)n2CCCC(F)(F)F.CCc1ccc(C)cc1OC. The smallest absolute Gasteiger partial charge is 0.389 e. The number of methoxy groups -OCH3 is 1. The molecule has 0 fully saturated rings. The summed E-state index contributed by atoms with van der Waals surface area (Å²) in [5.41, 5.74) is 3.06. The maximum atomic E-state index is 13.0. The first-order valence-electron chi connectivity index (χ1n) is 13.9. The van der Waals surface area contributed by atoms with Crippen molar-refractivity contribution < 1.29 is 31.1 Å². The molecule has 1 aromatic heterocycles. The second-order valence-electron chi connectivity index (χ2n) is 11.3. The Morgan fingerprint density at radius 2 is 1.73 bits per heavy atom. The fraction of sp³-hybridized carbons (Fsp3) is 0.548. The van der Waals surface area contributed by atoms with Crippen LogP contribution in [0.15, 0.2) is 41.3 Å². The van der Waals surface area contributed by atoms with Gasteiger partial charge in [0.2, 0.25) is 0 Å². The van der Waals surface area contributed by atoms with Crippen LogP contribution in [-0.2, 0) is 33.0 Å². The zero-order chi connectivity index (χ0) is 31.2. The maximum Gasteiger partial charge on any atom is 0.389 e. The minimum atomic E-state index is -4.24. The Bertz CT molecular complexity index is 1440. The second kappa shape index (κ2) is 13.9. The number of carbonyl (C=O) groups excluding carboxylic acids is 1. The molecule has 0 amide bonds. The first-order chi connectivity index (χ1) is 19.0. The molecule has 10 heteroatoms. The summed E-state index contributed by atoms with van der Waals surface area (Å²) in [6.45, 7) is 13.1. The number of benzene rings is 2. The van der Waals surface area contributed by atoms with E-state index in [2.05, 4.69) is 37.0 Å². The van der Waals surface area contributed by atoms with E-state index in [1.54, 1.807) is 17.7 Å². The van der Waals surface area contributed by atoms with Crippen molar-refractivity contribution in [2.45, 2.75) is 109 Å². The maximum absolute atomic E-state index is 13.0. The van der Waals surface area contributed by atoms with E-state index in [1.165, 1.54) is 30.2 Å². The van der Waals surface area contributed by atoms with Gasteiger partial charge in [0.05, 0.1) is 23.0 Å². The molecule has 0 radical (unpaired) electrons. The molecule has 0 bridgehead atoms. The monoisotopic (exact) mass is 596 g/mol. The predicted octanol–water partition coefficient (Wildman–Crippen LogP) is 7.77. The van der Waals surface area contributed by atoms with Gasteiger partial charge in [-0.1, -0.05) is 53.2 Å². The van der Waals surface area contributed by atoms with Crippen molar-refractivity contribution in [1.82, 2.24) is 9.55 Å². The summed E-state index contributed by atoms with van der Waals surface area (Å²) in [6, 6.07) is 10.7. The molecule has 2 aromatic carbocycles. The van der Waals surface area contributed by atoms with E-state index >= 15 is 0 Å². The average Bonchev–Trinajstić information content (AvgIpc) is 3.25. The number of nitrogens with zero attached hydrogens (tertiary/aromatic N) is 2. The highest BCUT2D eigenvalue weighted by molar-refractivity contribution is 7.92. The second-order valence-corrected chi connectivity index (χ2v) is 13.4. The molecule has 228 valence electrons. The number of halogens is 3. The number of Topliss-reactive ketones (excluding diaryl/α,β-unsaturated/α-hetero) is 1. The van der Waals surface area contributed by atoms with Crippen LogP contribution in [0, 0.1) is 6.92 Å². The fourth-order valence-electron chi connectivity index (χ4n) is 4.67. The zero-order valence-electron chi connectivity index (χ0n) is 25.4. The molecule has 0 aliphatic rings. The summed E-state index contributed by atoms with van der Waals surface area (Å²) < 4.78 is 70.7. The number of carbonyl (C=O) groups is 1. The van der Waals surface area contributed by atoms with Gasteiger partial charge >= 0.3 is 6.18 Å². The van der Waals surface area contributed by atoms with Crippen molar-refractivity contribution in [1.29, 1.82) is 0 Å². The van der Waals surface area contributed by atoms with Crippen molar-refractivity contribution in [2.75, 3.05) is 7.11 Å². The Morgan fingerprint density at radius 3 is 2.24 bits per heavy atom. The van der Waals surface area contributed by atoms with Gasteiger partial charge in [-0.2, -0.15) is 13.2 Å². The lowest BCUT2D eigenvalue weighted by Gasteiger charge is -2.20. The van der Waals surface area contributed by atoms with Crippen LogP contribution >= 0.6 is 0 Å². The van der Waals surface area contributed by atoms with Gasteiger partial charge in [-0.15, -0.1) is 0 Å². The first-order valence-corrected chi connectivity index (χ1v) is 15.5. The van der Waals surface area contributed by atoms with Crippen LogP contribution in [-0.4, -0.2) is 42.3 Å². The lowest BCUT2D eigenvalue weighted by atomic mass is 9.95. The van der Waals surface area contributed by atoms with Crippen LogP contribution in [0.25, 0.3) is 11.0 Å². The minimum absolute atomic E-state index is 0.00375. The largest absolute Gasteiger partial charge is 0.496 e. The number of ketones is 1. The molecule has 0 saturated carbocycles. The van der Waals surface area contributed by atoms with Crippen LogP contribution in [0.3, 0.4) is 0 Å². The van der Waals surface area contributed by atoms with Gasteiger partial charge < -0.3 is 9.30 Å². The van der Waals surface area contributed by atoms with Crippen molar-refractivity contribution in [2.24, 2.45) is 0 Å². The molecule has 0 aliphatic carbocycles. The van der Waals surface area contributed by atoms with E-state index in [-0.39, 0.29) is 24.3 Å². The highest BCUT2D eigenvalue weighted by atomic mass is 32.2. The molecule has 6 nitrogen and oxygen atoms in total. The van der Waals surface area contributed by atoms with Gasteiger partial charge in [0.25, 0.3) is 0 Å². The van der Waals surface area contributed by atoms with E-state index < -0.39 is 38.9 Å². The Labute approximate surface area is 242 Å². The molecule has 3 rings (SSSR count). The average molecular weight is 597 g/mol. The number of alkyl halides is 3. The molecule has 1 unspecified atom stereocenters. The number of ether oxygens (including phenoxy) is 1. The third-order valence-electron chi connectivity index (χ3n) is 6.76. The van der Waals surface area contributed by atoms with Gasteiger partial charge in [0.15, 0.2) is 9.84 Å². The normalized spacial score (nSPS) is 13.0. The van der Waals surface area contributed by atoms with E-state index in [4.69, 9.17) is 4.74 Å². The number of fused-ring (bicyclic) bond motifs is 1. The van der Waals surface area contributed by atoms with Gasteiger partial charge in [-0.3, -0.25) is 4.79 Å². The third-order valence-corrected chi connectivity index (χ3v) is 8.99. The molecule has 1 atom stereocenters. The van der Waals surface area contributed by atoms with Crippen LogP contribution in [0.4, 0.5) is 13.2 Å². The Hall–Kier alpha value is -2.88. The number of aryl methyl sites for hydroxylation is 3. The summed E-state index contributed by atoms with van der Waals surface area (Å²) >= 11 is 0. The summed E-state index contributed by atoms with van der Waals surface area (Å²) in [7, 11) is -2.16. The molecule has 0 spiro atoms. The van der Waals surface area contributed by atoms with Gasteiger partial charge in [-0.05, 0) is 68.5 Å². The molecule has 0 N–H and O–H groups in total. The highest BCUT2D eigenvalue weighted by Crippen LogP contribution is 2.31. The first kappa shape index (κ1) is 34.3. The van der Waals surface area contributed by atoms with E-state index in [0.29, 0.717) is 23.3 Å². The van der Waals surface area contributed by atoms with E-state index in [1.807, 2.05) is 27.7 Å². The number of aromatic nitrogens is 2. The third kappa shape index (κ3) is 9.05. The quantitative estimate of drug-likeness (QED) is 0.239. The summed E-state index contributed by atoms with van der Waals surface area (Å²) in [6.07, 6.45) is -3.42. The topological polar surface area (TPSA) is 78.3 Å². The summed E-state index contributed by atoms with van der Waals surface area (Å²) in [5.74, 6) is 1.18. The Kier molecular flexibility index (Phi) is 11.6. The minimum Gasteiger partial charge on any atom is -0.496 e. The van der Waals surface area contributed by atoms with Crippen LogP contribution in [0.1, 0.15) is 84.2 Å². The van der Waals surface area contributed by atoms with Gasteiger partial charge in [0, 0.05) is 18.4 Å².